The molecule has 9 heteroatoms. The molecule has 32 heavy (non-hydrogen) atoms. The molecule has 0 radical (unpaired) electrons. The van der Waals surface area contributed by atoms with Crippen molar-refractivity contribution in [2.45, 2.75) is 39.7 Å². The summed E-state index contributed by atoms with van der Waals surface area (Å²) in [5.41, 5.74) is 1.79. The van der Waals surface area contributed by atoms with Crippen LogP contribution in [0.1, 0.15) is 40.2 Å². The van der Waals surface area contributed by atoms with Crippen LogP contribution in [0.25, 0.3) is 0 Å². The van der Waals surface area contributed by atoms with Gasteiger partial charge in [0.15, 0.2) is 5.04 Å². The van der Waals surface area contributed by atoms with Gasteiger partial charge >= 0.3 is 14.8 Å². The van der Waals surface area contributed by atoms with Gasteiger partial charge in [0.1, 0.15) is 5.75 Å². The molecule has 8 nitrogen and oxygen atoms in total. The Morgan fingerprint density at radius 2 is 1.25 bits per heavy atom. The number of azo groups is 1. The third kappa shape index (κ3) is 5.60. The summed E-state index contributed by atoms with van der Waals surface area (Å²) in [7, 11) is -3.62. The largest absolute Gasteiger partial charge is 0.523 e. The highest BCUT2D eigenvalue weighted by Gasteiger charge is 2.64. The number of carbonyl (C=O) groups is 1. The Hall–Kier alpha value is -2.59. The van der Waals surface area contributed by atoms with E-state index in [1.54, 1.807) is 52.0 Å². The van der Waals surface area contributed by atoms with Gasteiger partial charge in [-0.2, -0.15) is 10.2 Å². The predicted octanol–water partition coefficient (Wildman–Crippen LogP) is 5.43. The molecule has 1 atom stereocenters. The van der Waals surface area contributed by atoms with E-state index in [1.165, 1.54) is 0 Å². The number of carboxylic acids is 1. The molecule has 2 rings (SSSR count). The average Bonchev–Trinajstić information content (AvgIpc) is 2.79. The summed E-state index contributed by atoms with van der Waals surface area (Å²) in [5, 5.41) is 17.2. The van der Waals surface area contributed by atoms with Gasteiger partial charge in [0.05, 0.1) is 18.0 Å². The van der Waals surface area contributed by atoms with Crippen LogP contribution in [0, 0.1) is 0 Å². The fourth-order valence-corrected chi connectivity index (χ4v) is 6.35. The van der Waals surface area contributed by atoms with Crippen molar-refractivity contribution in [3.8, 4) is 5.75 Å². The minimum absolute atomic E-state index is 0.281. The van der Waals surface area contributed by atoms with Crippen molar-refractivity contribution in [1.82, 2.24) is 0 Å². The summed E-state index contributed by atoms with van der Waals surface area (Å²) >= 11 is 0. The number of ether oxygens (including phenoxy) is 1. The molecule has 0 fully saturated rings. The van der Waals surface area contributed by atoms with E-state index >= 15 is 0 Å². The van der Waals surface area contributed by atoms with Gasteiger partial charge in [-0.05, 0) is 76.6 Å². The van der Waals surface area contributed by atoms with Gasteiger partial charge in [0.2, 0.25) is 0 Å². The fraction of sp³-hybridized carbons (Fsp3) is 0.435. The van der Waals surface area contributed by atoms with E-state index in [0.29, 0.717) is 23.5 Å². The van der Waals surface area contributed by atoms with Crippen molar-refractivity contribution in [1.29, 1.82) is 0 Å². The maximum atomic E-state index is 12.5. The molecular formula is C23H32N2O6Si. The summed E-state index contributed by atoms with van der Waals surface area (Å²) in [4.78, 5) is 12.5. The highest BCUT2D eigenvalue weighted by atomic mass is 28.4. The van der Waals surface area contributed by atoms with Crippen LogP contribution in [0.3, 0.4) is 0 Å². The Morgan fingerprint density at radius 1 is 0.812 bits per heavy atom. The number of carboxylic acid groups (broad SMARTS) is 1. The Morgan fingerprint density at radius 3 is 1.62 bits per heavy atom. The third-order valence-electron chi connectivity index (χ3n) is 4.92. The second kappa shape index (κ2) is 11.9. The minimum atomic E-state index is -3.62. The van der Waals surface area contributed by atoms with Gasteiger partial charge in [-0.1, -0.05) is 12.1 Å². The molecule has 0 saturated heterocycles. The molecule has 0 aliphatic carbocycles. The minimum Gasteiger partial charge on any atom is -0.494 e. The van der Waals surface area contributed by atoms with Crippen LogP contribution in [0.15, 0.2) is 58.8 Å². The molecule has 0 heterocycles. The van der Waals surface area contributed by atoms with Crippen molar-refractivity contribution >= 4 is 26.1 Å². The van der Waals surface area contributed by atoms with E-state index in [-0.39, 0.29) is 19.8 Å². The normalized spacial score (nSPS) is 13.8. The van der Waals surface area contributed by atoms with Gasteiger partial charge in [0.25, 0.3) is 0 Å². The van der Waals surface area contributed by atoms with E-state index < -0.39 is 19.8 Å². The maximum absolute atomic E-state index is 12.5. The van der Waals surface area contributed by atoms with E-state index in [0.717, 1.165) is 5.75 Å². The number of nitrogens with zero attached hydrogens (tertiary/aromatic N) is 2. The van der Waals surface area contributed by atoms with Crippen LogP contribution in [0.4, 0.5) is 11.4 Å². The highest BCUT2D eigenvalue weighted by molar-refractivity contribution is 6.68. The van der Waals surface area contributed by atoms with Crippen LogP contribution in [-0.2, 0) is 23.1 Å². The Labute approximate surface area is 190 Å². The smallest absolute Gasteiger partial charge is 0.494 e. The van der Waals surface area contributed by atoms with Crippen LogP contribution in [-0.4, -0.2) is 46.3 Å². The molecule has 0 spiro atoms. The summed E-state index contributed by atoms with van der Waals surface area (Å²) < 4.78 is 23.2. The van der Waals surface area contributed by atoms with E-state index in [1.807, 2.05) is 31.2 Å². The second-order valence-electron chi connectivity index (χ2n) is 6.96. The Bertz CT molecular complexity index is 871. The molecule has 174 valence electrons. The second-order valence-corrected chi connectivity index (χ2v) is 9.94. The molecule has 0 aliphatic rings. The van der Waals surface area contributed by atoms with Crippen molar-refractivity contribution in [3.05, 3.63) is 54.1 Å². The Kier molecular flexibility index (Phi) is 9.52. The van der Waals surface area contributed by atoms with E-state index in [9.17, 15) is 9.90 Å². The molecular weight excluding hydrogens is 428 g/mol. The summed E-state index contributed by atoms with van der Waals surface area (Å²) in [6.45, 7) is 10.4. The van der Waals surface area contributed by atoms with Gasteiger partial charge in [-0.25, -0.2) is 0 Å². The van der Waals surface area contributed by atoms with Crippen LogP contribution in [0.5, 0.6) is 5.75 Å². The first-order valence-electron chi connectivity index (χ1n) is 10.8. The van der Waals surface area contributed by atoms with Crippen LogP contribution in [0.2, 0.25) is 0 Å². The van der Waals surface area contributed by atoms with Gasteiger partial charge in [-0.15, -0.1) is 0 Å². The SMILES string of the molecule is CCOc1ccc(N=Nc2ccc(C(C)(C(=O)O)[Si](OCC)(OCC)OCC)cc2)cc1. The predicted molar refractivity (Wildman–Crippen MR) is 124 cm³/mol. The summed E-state index contributed by atoms with van der Waals surface area (Å²) in [6.07, 6.45) is 0. The van der Waals surface area contributed by atoms with Crippen molar-refractivity contribution in [2.24, 2.45) is 10.2 Å². The van der Waals surface area contributed by atoms with Gasteiger partial charge in [-0.3, -0.25) is 4.79 Å². The van der Waals surface area contributed by atoms with Crippen molar-refractivity contribution in [2.75, 3.05) is 26.4 Å². The molecule has 1 unspecified atom stereocenters. The highest BCUT2D eigenvalue weighted by Crippen LogP contribution is 2.38. The number of hydrogen-bond acceptors (Lipinski definition) is 7. The fourth-order valence-electron chi connectivity index (χ4n) is 3.31. The van der Waals surface area contributed by atoms with Crippen LogP contribution < -0.4 is 4.74 Å². The molecule has 0 bridgehead atoms. The number of hydrogen-bond donors (Lipinski definition) is 1. The average molecular weight is 461 g/mol. The summed E-state index contributed by atoms with van der Waals surface area (Å²) in [6, 6.07) is 14.2. The first kappa shape index (κ1) is 25.7. The topological polar surface area (TPSA) is 98.9 Å². The first-order valence-corrected chi connectivity index (χ1v) is 12.5. The van der Waals surface area contributed by atoms with E-state index in [4.69, 9.17) is 18.0 Å². The van der Waals surface area contributed by atoms with Crippen LogP contribution >= 0.6 is 0 Å². The molecule has 0 aliphatic heterocycles. The first-order chi connectivity index (χ1) is 15.4. The standard InChI is InChI=1S/C23H32N2O6Si/c1-6-28-21-16-14-20(15-17-21)25-24-19-12-10-18(11-13-19)23(5,22(26)27)32(29-7-2,30-8-3)31-9-4/h10-17H,6-9H2,1-5H3,(H,26,27). The molecule has 2 aromatic carbocycles. The number of benzene rings is 2. The lowest BCUT2D eigenvalue weighted by atomic mass is 10.00. The third-order valence-corrected chi connectivity index (χ3v) is 8.65. The molecule has 2 aromatic rings. The molecule has 0 amide bonds. The lowest BCUT2D eigenvalue weighted by Crippen LogP contribution is -2.65. The summed E-state index contributed by atoms with van der Waals surface area (Å²) in [5.74, 6) is -0.294. The zero-order chi connectivity index (χ0) is 23.6. The molecule has 0 aromatic heterocycles. The monoisotopic (exact) mass is 460 g/mol. The number of rotatable bonds is 13. The number of aliphatic carboxylic acids is 1. The Balaban J connectivity index is 2.34. The van der Waals surface area contributed by atoms with Gasteiger partial charge < -0.3 is 23.1 Å². The quantitative estimate of drug-likeness (QED) is 0.316. The van der Waals surface area contributed by atoms with Crippen molar-refractivity contribution in [3.63, 3.8) is 0 Å². The lowest BCUT2D eigenvalue weighted by Gasteiger charge is -2.40. The molecule has 0 saturated carbocycles. The van der Waals surface area contributed by atoms with Crippen molar-refractivity contribution < 1.29 is 27.9 Å². The zero-order valence-corrected chi connectivity index (χ0v) is 20.3. The van der Waals surface area contributed by atoms with E-state index in [2.05, 4.69) is 10.2 Å². The molecule has 1 N–H and O–H groups in total. The maximum Gasteiger partial charge on any atom is 0.523 e. The van der Waals surface area contributed by atoms with Gasteiger partial charge in [0, 0.05) is 19.8 Å². The zero-order valence-electron chi connectivity index (χ0n) is 19.3. The lowest BCUT2D eigenvalue weighted by molar-refractivity contribution is -0.143.